The smallest absolute Gasteiger partial charge is 0.0729 e. The minimum absolute atomic E-state index is 0.284. The second kappa shape index (κ2) is 2.47. The molecule has 0 saturated heterocycles. The molecule has 0 aromatic carbocycles. The number of rotatable bonds is 0. The Balaban J connectivity index is 2.49. The lowest BCUT2D eigenvalue weighted by Crippen LogP contribution is -2.36. The van der Waals surface area contributed by atoms with Crippen LogP contribution in [-0.2, 0) is 0 Å². The van der Waals surface area contributed by atoms with Crippen LogP contribution in [-0.4, -0.2) is 16.1 Å². The normalized spacial score (nSPS) is 45.0. The third-order valence-corrected chi connectivity index (χ3v) is 2.53. The Morgan fingerprint density at radius 2 is 2.22 bits per heavy atom. The minimum atomic E-state index is -0.335. The average Bonchev–Trinajstić information content (AvgIpc) is 1.77. The summed E-state index contributed by atoms with van der Waals surface area (Å²) >= 11 is 5.97. The van der Waals surface area contributed by atoms with Crippen molar-refractivity contribution in [1.82, 2.24) is 0 Å². The topological polar surface area (TPSA) is 20.2 Å². The molecule has 1 nitrogen and oxygen atoms in total. The van der Waals surface area contributed by atoms with E-state index in [2.05, 4.69) is 0 Å². The van der Waals surface area contributed by atoms with Crippen LogP contribution in [0.5, 0.6) is 0 Å². The molecule has 0 heterocycles. The molecule has 1 saturated carbocycles. The Morgan fingerprint density at radius 3 is 2.56 bits per heavy atom. The summed E-state index contributed by atoms with van der Waals surface area (Å²) in [6, 6.07) is 0. The van der Waals surface area contributed by atoms with E-state index in [9.17, 15) is 5.11 Å². The predicted octanol–water partition coefficient (Wildman–Crippen LogP) is 1.92. The van der Waals surface area contributed by atoms with Crippen molar-refractivity contribution in [2.45, 2.75) is 43.6 Å². The zero-order valence-electron chi connectivity index (χ0n) is 5.73. The van der Waals surface area contributed by atoms with Crippen molar-refractivity contribution in [1.29, 1.82) is 0 Å². The van der Waals surface area contributed by atoms with Crippen LogP contribution < -0.4 is 0 Å². The summed E-state index contributed by atoms with van der Waals surface area (Å²) in [5, 5.41) is 9.30. The van der Waals surface area contributed by atoms with Crippen molar-refractivity contribution < 1.29 is 5.11 Å². The number of aliphatic hydroxyl groups is 1. The van der Waals surface area contributed by atoms with Gasteiger partial charge in [0.1, 0.15) is 0 Å². The highest BCUT2D eigenvalue weighted by Crippen LogP contribution is 2.33. The molecule has 1 aliphatic rings. The molecule has 2 atom stereocenters. The standard InChI is InChI=1S/C7H13ClO/c1-7(8)5-3-2-4-6(7)9/h6,9H,2-5H2,1H3/t6-,7+/m0/s1. The second-order valence-corrected chi connectivity index (χ2v) is 3.90. The van der Waals surface area contributed by atoms with Gasteiger partial charge >= 0.3 is 0 Å². The lowest BCUT2D eigenvalue weighted by Gasteiger charge is -2.32. The third-order valence-electron chi connectivity index (χ3n) is 2.09. The van der Waals surface area contributed by atoms with E-state index >= 15 is 0 Å². The number of alkyl halides is 1. The maximum atomic E-state index is 9.30. The van der Waals surface area contributed by atoms with Gasteiger partial charge in [-0.25, -0.2) is 0 Å². The Labute approximate surface area is 61.0 Å². The van der Waals surface area contributed by atoms with Crippen LogP contribution in [0.2, 0.25) is 0 Å². The van der Waals surface area contributed by atoms with E-state index in [1.54, 1.807) is 0 Å². The van der Waals surface area contributed by atoms with Gasteiger partial charge in [0.05, 0.1) is 11.0 Å². The number of hydrogen-bond acceptors (Lipinski definition) is 1. The first-order chi connectivity index (χ1) is 4.13. The molecule has 1 N–H and O–H groups in total. The summed E-state index contributed by atoms with van der Waals surface area (Å²) in [7, 11) is 0. The van der Waals surface area contributed by atoms with Crippen molar-refractivity contribution in [3.63, 3.8) is 0 Å². The SMILES string of the molecule is C[C@@]1(Cl)CCCC[C@@H]1O. The molecule has 0 radical (unpaired) electrons. The van der Waals surface area contributed by atoms with Gasteiger partial charge in [-0.2, -0.15) is 0 Å². The van der Waals surface area contributed by atoms with Crippen LogP contribution in [0.4, 0.5) is 0 Å². The molecule has 1 fully saturated rings. The lowest BCUT2D eigenvalue weighted by molar-refractivity contribution is 0.0946. The van der Waals surface area contributed by atoms with E-state index in [0.29, 0.717) is 0 Å². The van der Waals surface area contributed by atoms with Gasteiger partial charge in [0.15, 0.2) is 0 Å². The van der Waals surface area contributed by atoms with E-state index in [4.69, 9.17) is 11.6 Å². The van der Waals surface area contributed by atoms with Crippen molar-refractivity contribution in [3.05, 3.63) is 0 Å². The van der Waals surface area contributed by atoms with Crippen molar-refractivity contribution >= 4 is 11.6 Å². The molecule has 0 spiro atoms. The van der Waals surface area contributed by atoms with E-state index in [1.165, 1.54) is 0 Å². The highest BCUT2D eigenvalue weighted by atomic mass is 35.5. The Morgan fingerprint density at radius 1 is 1.56 bits per heavy atom. The van der Waals surface area contributed by atoms with Crippen LogP contribution >= 0.6 is 11.6 Å². The van der Waals surface area contributed by atoms with E-state index < -0.39 is 0 Å². The summed E-state index contributed by atoms with van der Waals surface area (Å²) in [5.41, 5.74) is 0. The summed E-state index contributed by atoms with van der Waals surface area (Å²) in [4.78, 5) is -0.335. The minimum Gasteiger partial charge on any atom is -0.391 e. The summed E-state index contributed by atoms with van der Waals surface area (Å²) in [6.07, 6.45) is 3.84. The van der Waals surface area contributed by atoms with Crippen molar-refractivity contribution in [2.24, 2.45) is 0 Å². The fourth-order valence-electron chi connectivity index (χ4n) is 1.28. The molecule has 0 unspecified atom stereocenters. The zero-order valence-corrected chi connectivity index (χ0v) is 6.49. The summed E-state index contributed by atoms with van der Waals surface area (Å²) in [5.74, 6) is 0. The van der Waals surface area contributed by atoms with Crippen molar-refractivity contribution in [2.75, 3.05) is 0 Å². The van der Waals surface area contributed by atoms with Crippen LogP contribution in [0.3, 0.4) is 0 Å². The number of aliphatic hydroxyl groups excluding tert-OH is 1. The molecule has 1 rings (SSSR count). The highest BCUT2D eigenvalue weighted by molar-refractivity contribution is 6.24. The van der Waals surface area contributed by atoms with Crippen LogP contribution in [0.25, 0.3) is 0 Å². The van der Waals surface area contributed by atoms with Crippen LogP contribution in [0.1, 0.15) is 32.6 Å². The monoisotopic (exact) mass is 148 g/mol. The molecule has 0 aliphatic heterocycles. The van der Waals surface area contributed by atoms with Gasteiger partial charge in [-0.1, -0.05) is 12.8 Å². The molecule has 9 heavy (non-hydrogen) atoms. The molecule has 54 valence electrons. The van der Waals surface area contributed by atoms with Crippen LogP contribution in [0, 0.1) is 0 Å². The quantitative estimate of drug-likeness (QED) is 0.521. The third kappa shape index (κ3) is 1.59. The molecule has 1 aliphatic carbocycles. The average molecular weight is 149 g/mol. The maximum absolute atomic E-state index is 9.30. The van der Waals surface area contributed by atoms with Gasteiger partial charge < -0.3 is 5.11 Å². The maximum Gasteiger partial charge on any atom is 0.0729 e. The van der Waals surface area contributed by atoms with Gasteiger partial charge in [-0.15, -0.1) is 11.6 Å². The largest absolute Gasteiger partial charge is 0.391 e. The Hall–Kier alpha value is 0.250. The molecule has 2 heteroatoms. The van der Waals surface area contributed by atoms with E-state index in [-0.39, 0.29) is 11.0 Å². The first-order valence-corrected chi connectivity index (χ1v) is 3.88. The van der Waals surface area contributed by atoms with Gasteiger partial charge in [0.2, 0.25) is 0 Å². The molecule has 0 aromatic rings. The highest BCUT2D eigenvalue weighted by Gasteiger charge is 2.32. The zero-order chi connectivity index (χ0) is 6.91. The van der Waals surface area contributed by atoms with Gasteiger partial charge in [-0.3, -0.25) is 0 Å². The molecular weight excluding hydrogens is 136 g/mol. The first-order valence-electron chi connectivity index (χ1n) is 3.50. The van der Waals surface area contributed by atoms with Gasteiger partial charge in [-0.05, 0) is 19.8 Å². The van der Waals surface area contributed by atoms with E-state index in [1.807, 2.05) is 6.92 Å². The first kappa shape index (κ1) is 7.36. The number of hydrogen-bond donors (Lipinski definition) is 1. The van der Waals surface area contributed by atoms with Gasteiger partial charge in [0.25, 0.3) is 0 Å². The summed E-state index contributed by atoms with van der Waals surface area (Å²) in [6.45, 7) is 1.92. The second-order valence-electron chi connectivity index (χ2n) is 3.04. The lowest BCUT2D eigenvalue weighted by atomic mass is 9.87. The molecule has 0 amide bonds. The fourth-order valence-corrected chi connectivity index (χ4v) is 1.52. The van der Waals surface area contributed by atoms with Crippen molar-refractivity contribution in [3.8, 4) is 0 Å². The molecule has 0 aromatic heterocycles. The van der Waals surface area contributed by atoms with Crippen LogP contribution in [0.15, 0.2) is 0 Å². The molecular formula is C7H13ClO. The summed E-state index contributed by atoms with van der Waals surface area (Å²) < 4.78 is 0. The Bertz CT molecular complexity index is 101. The molecule has 0 bridgehead atoms. The van der Waals surface area contributed by atoms with E-state index in [0.717, 1.165) is 25.7 Å². The fraction of sp³-hybridized carbons (Fsp3) is 1.00. The number of halogens is 1. The Kier molecular flexibility index (Phi) is 2.02. The van der Waals surface area contributed by atoms with Gasteiger partial charge in [0, 0.05) is 0 Å². The predicted molar refractivity (Wildman–Crippen MR) is 38.7 cm³/mol.